The maximum atomic E-state index is 12.2. The number of rotatable bonds is 4. The molecule has 0 unspecified atom stereocenters. The molecule has 0 aromatic heterocycles. The number of benzene rings is 2. The topological polar surface area (TPSA) is 72.8 Å². The summed E-state index contributed by atoms with van der Waals surface area (Å²) in [5, 5.41) is 21.7. The number of hydrogen-bond donors (Lipinski definition) is 3. The molecular formula is C18H20N2O3. The Kier molecular flexibility index (Phi) is 4.10. The summed E-state index contributed by atoms with van der Waals surface area (Å²) in [5.41, 5.74) is 2.06. The van der Waals surface area contributed by atoms with Gasteiger partial charge in [-0.15, -0.1) is 0 Å². The summed E-state index contributed by atoms with van der Waals surface area (Å²) in [6, 6.07) is 13.9. The third kappa shape index (κ3) is 3.23. The zero-order valence-corrected chi connectivity index (χ0v) is 12.9. The molecule has 2 atom stereocenters. The van der Waals surface area contributed by atoms with E-state index in [1.54, 1.807) is 24.3 Å². The minimum Gasteiger partial charge on any atom is -0.508 e. The minimum absolute atomic E-state index is 0.0316. The fraction of sp³-hybridized carbons (Fsp3) is 0.278. The summed E-state index contributed by atoms with van der Waals surface area (Å²) in [6.45, 7) is 2.64. The van der Waals surface area contributed by atoms with Crippen molar-refractivity contribution in [3.63, 3.8) is 0 Å². The van der Waals surface area contributed by atoms with Gasteiger partial charge in [0, 0.05) is 6.54 Å². The number of hydrogen-bond acceptors (Lipinski definition) is 3. The Balaban J connectivity index is 1.67. The van der Waals surface area contributed by atoms with Crippen molar-refractivity contribution in [3.8, 4) is 11.5 Å². The average Bonchev–Trinajstić information content (AvgIpc) is 2.82. The van der Waals surface area contributed by atoms with Crippen LogP contribution in [-0.4, -0.2) is 33.7 Å². The number of urea groups is 1. The maximum Gasteiger partial charge on any atom is 0.318 e. The van der Waals surface area contributed by atoms with E-state index < -0.39 is 0 Å². The van der Waals surface area contributed by atoms with Crippen LogP contribution in [0.15, 0.2) is 48.5 Å². The monoisotopic (exact) mass is 312 g/mol. The molecule has 2 amide bonds. The number of nitrogens with one attached hydrogen (secondary N) is 1. The summed E-state index contributed by atoms with van der Waals surface area (Å²) in [4.78, 5) is 14.1. The highest BCUT2D eigenvalue weighted by atomic mass is 16.3. The summed E-state index contributed by atoms with van der Waals surface area (Å²) >= 11 is 0. The maximum absolute atomic E-state index is 12.2. The Hall–Kier alpha value is -2.69. The number of nitrogens with zero attached hydrogens (tertiary/aromatic N) is 1. The lowest BCUT2D eigenvalue weighted by Gasteiger charge is -2.23. The van der Waals surface area contributed by atoms with Gasteiger partial charge < -0.3 is 20.4 Å². The molecule has 0 spiro atoms. The second-order valence-electron chi connectivity index (χ2n) is 5.87. The molecule has 0 radical (unpaired) electrons. The van der Waals surface area contributed by atoms with Gasteiger partial charge in [-0.1, -0.05) is 24.3 Å². The third-order valence-electron chi connectivity index (χ3n) is 4.34. The molecule has 1 aliphatic rings. The van der Waals surface area contributed by atoms with Crippen molar-refractivity contribution in [1.82, 2.24) is 10.2 Å². The third-order valence-corrected chi connectivity index (χ3v) is 4.34. The number of aromatic hydroxyl groups is 2. The molecule has 120 valence electrons. The van der Waals surface area contributed by atoms with Crippen molar-refractivity contribution in [2.45, 2.75) is 25.4 Å². The van der Waals surface area contributed by atoms with Crippen molar-refractivity contribution >= 4 is 6.03 Å². The molecule has 1 heterocycles. The predicted octanol–water partition coefficient (Wildman–Crippen LogP) is 2.80. The summed E-state index contributed by atoms with van der Waals surface area (Å²) in [7, 11) is 0. The number of amides is 2. The molecule has 3 N–H and O–H groups in total. The van der Waals surface area contributed by atoms with Gasteiger partial charge in [0.2, 0.25) is 0 Å². The van der Waals surface area contributed by atoms with E-state index in [1.807, 2.05) is 36.1 Å². The first-order valence-corrected chi connectivity index (χ1v) is 7.68. The van der Waals surface area contributed by atoms with Crippen LogP contribution in [0, 0.1) is 0 Å². The van der Waals surface area contributed by atoms with Crippen LogP contribution in [0.1, 0.15) is 24.1 Å². The van der Waals surface area contributed by atoms with Crippen LogP contribution in [0.5, 0.6) is 11.5 Å². The first kappa shape index (κ1) is 15.2. The van der Waals surface area contributed by atoms with E-state index in [-0.39, 0.29) is 29.6 Å². The van der Waals surface area contributed by atoms with Gasteiger partial charge in [0.15, 0.2) is 0 Å². The number of carbonyl (C=O) groups is 1. The summed E-state index contributed by atoms with van der Waals surface area (Å²) < 4.78 is 0. The van der Waals surface area contributed by atoms with E-state index in [0.717, 1.165) is 17.5 Å². The van der Waals surface area contributed by atoms with E-state index in [1.165, 1.54) is 0 Å². The van der Waals surface area contributed by atoms with Crippen LogP contribution < -0.4 is 5.32 Å². The minimum atomic E-state index is -0.0806. The summed E-state index contributed by atoms with van der Waals surface area (Å²) in [6.07, 6.45) is 0.736. The zero-order valence-electron chi connectivity index (χ0n) is 12.9. The second-order valence-corrected chi connectivity index (χ2v) is 5.87. The molecular weight excluding hydrogens is 292 g/mol. The molecule has 2 aromatic rings. The lowest BCUT2D eigenvalue weighted by atomic mass is 10.0. The first-order chi connectivity index (χ1) is 11.0. The number of phenolic OH excluding ortho intramolecular Hbond substituents is 2. The van der Waals surface area contributed by atoms with E-state index in [4.69, 9.17) is 0 Å². The molecule has 2 aromatic carbocycles. The van der Waals surface area contributed by atoms with Crippen LogP contribution in [0.3, 0.4) is 0 Å². The SMILES string of the molecule is C[C@@H]1[C@H](c2ccc(O)cc2)NC(=O)N1CCc1ccc(O)cc1. The lowest BCUT2D eigenvalue weighted by molar-refractivity contribution is 0.206. The van der Waals surface area contributed by atoms with Crippen molar-refractivity contribution in [1.29, 1.82) is 0 Å². The Morgan fingerprint density at radius 2 is 1.57 bits per heavy atom. The van der Waals surface area contributed by atoms with E-state index >= 15 is 0 Å². The summed E-state index contributed by atoms with van der Waals surface area (Å²) in [5.74, 6) is 0.461. The van der Waals surface area contributed by atoms with Gasteiger partial charge in [-0.25, -0.2) is 4.79 Å². The highest BCUT2D eigenvalue weighted by Gasteiger charge is 2.36. The molecule has 5 heteroatoms. The van der Waals surface area contributed by atoms with Gasteiger partial charge in [-0.05, 0) is 48.7 Å². The Labute approximate surface area is 135 Å². The second kappa shape index (κ2) is 6.20. The van der Waals surface area contributed by atoms with Crippen molar-refractivity contribution in [2.24, 2.45) is 0 Å². The Morgan fingerprint density at radius 1 is 1.00 bits per heavy atom. The van der Waals surface area contributed by atoms with Crippen LogP contribution in [0.4, 0.5) is 4.79 Å². The molecule has 1 fully saturated rings. The number of carbonyl (C=O) groups excluding carboxylic acids is 1. The first-order valence-electron chi connectivity index (χ1n) is 7.68. The lowest BCUT2D eigenvalue weighted by Crippen LogP contribution is -2.34. The normalized spacial score (nSPS) is 20.6. The fourth-order valence-electron chi connectivity index (χ4n) is 2.96. The average molecular weight is 312 g/mol. The molecule has 0 saturated carbocycles. The van der Waals surface area contributed by atoms with Crippen LogP contribution in [0.25, 0.3) is 0 Å². The molecule has 1 aliphatic heterocycles. The van der Waals surface area contributed by atoms with Gasteiger partial charge in [0.05, 0.1) is 12.1 Å². The molecule has 0 aliphatic carbocycles. The number of phenols is 2. The van der Waals surface area contributed by atoms with Crippen LogP contribution in [0.2, 0.25) is 0 Å². The Bertz CT molecular complexity index is 682. The van der Waals surface area contributed by atoms with Gasteiger partial charge in [0.1, 0.15) is 11.5 Å². The fourth-order valence-corrected chi connectivity index (χ4v) is 2.96. The van der Waals surface area contributed by atoms with E-state index in [2.05, 4.69) is 5.32 Å². The quantitative estimate of drug-likeness (QED) is 0.813. The van der Waals surface area contributed by atoms with Gasteiger partial charge >= 0.3 is 6.03 Å². The predicted molar refractivity (Wildman–Crippen MR) is 87.4 cm³/mol. The van der Waals surface area contributed by atoms with E-state index in [0.29, 0.717) is 6.54 Å². The Morgan fingerprint density at radius 3 is 2.17 bits per heavy atom. The van der Waals surface area contributed by atoms with Crippen molar-refractivity contribution in [2.75, 3.05) is 6.54 Å². The van der Waals surface area contributed by atoms with Crippen LogP contribution in [-0.2, 0) is 6.42 Å². The van der Waals surface area contributed by atoms with Gasteiger partial charge in [-0.2, -0.15) is 0 Å². The molecule has 1 saturated heterocycles. The van der Waals surface area contributed by atoms with E-state index in [9.17, 15) is 15.0 Å². The molecule has 23 heavy (non-hydrogen) atoms. The standard InChI is InChI=1S/C18H20N2O3/c1-12-17(14-4-8-16(22)9-5-14)19-18(23)20(12)11-10-13-2-6-15(21)7-3-13/h2-9,12,17,21-22H,10-11H2,1H3,(H,19,23)/t12-,17-/m1/s1. The highest BCUT2D eigenvalue weighted by molar-refractivity contribution is 5.78. The smallest absolute Gasteiger partial charge is 0.318 e. The van der Waals surface area contributed by atoms with Crippen LogP contribution >= 0.6 is 0 Å². The zero-order chi connectivity index (χ0) is 16.4. The van der Waals surface area contributed by atoms with Gasteiger partial charge in [0.25, 0.3) is 0 Å². The molecule has 0 bridgehead atoms. The highest BCUT2D eigenvalue weighted by Crippen LogP contribution is 2.28. The molecule has 3 rings (SSSR count). The van der Waals surface area contributed by atoms with Crippen molar-refractivity contribution < 1.29 is 15.0 Å². The van der Waals surface area contributed by atoms with Crippen molar-refractivity contribution in [3.05, 3.63) is 59.7 Å². The molecule has 5 nitrogen and oxygen atoms in total. The largest absolute Gasteiger partial charge is 0.508 e. The van der Waals surface area contributed by atoms with Gasteiger partial charge in [-0.3, -0.25) is 0 Å².